The average molecular weight is 285 g/mol. The van der Waals surface area contributed by atoms with Crippen molar-refractivity contribution >= 4 is 44.8 Å². The molecule has 4 nitrogen and oxygen atoms in total. The zero-order valence-electron chi connectivity index (χ0n) is 9.81. The number of nitrogens with zero attached hydrogens (tertiary/aromatic N) is 1. The Bertz CT molecular complexity index is 570. The molecule has 0 aliphatic carbocycles. The van der Waals surface area contributed by atoms with Crippen LogP contribution in [0.3, 0.4) is 0 Å². The molecule has 1 unspecified atom stereocenters. The number of aromatic nitrogens is 1. The summed E-state index contributed by atoms with van der Waals surface area (Å²) in [5.41, 5.74) is 3.40. The summed E-state index contributed by atoms with van der Waals surface area (Å²) >= 11 is 7.70. The molecule has 1 heterocycles. The molecule has 0 radical (unpaired) electrons. The molecule has 2 rings (SSSR count). The van der Waals surface area contributed by atoms with Crippen molar-refractivity contribution in [3.05, 3.63) is 22.7 Å². The number of hydrogen-bond acceptors (Lipinski definition) is 4. The average Bonchev–Trinajstić information content (AvgIpc) is 2.78. The molecule has 1 aromatic carbocycles. The highest BCUT2D eigenvalue weighted by molar-refractivity contribution is 7.16. The van der Waals surface area contributed by atoms with E-state index in [4.69, 9.17) is 16.7 Å². The highest BCUT2D eigenvalue weighted by atomic mass is 35.5. The highest BCUT2D eigenvalue weighted by Gasteiger charge is 2.12. The van der Waals surface area contributed by atoms with E-state index in [0.717, 1.165) is 15.9 Å². The van der Waals surface area contributed by atoms with Gasteiger partial charge in [-0.1, -0.05) is 11.6 Å². The second kappa shape index (κ2) is 5.54. The first-order valence-corrected chi connectivity index (χ1v) is 6.83. The molecule has 0 aliphatic rings. The standard InChI is InChI=1S/C12H13ClN2O2S/c1-7(2-5-10(16)17)15-11-8(13)3-4-9-12(11)14-6-18-9/h3-4,6-7,15H,2,5H2,1H3,(H,16,17). The minimum atomic E-state index is -0.790. The molecular formula is C12H13ClN2O2S. The van der Waals surface area contributed by atoms with Crippen LogP contribution >= 0.6 is 22.9 Å². The van der Waals surface area contributed by atoms with Crippen LogP contribution in [0, 0.1) is 0 Å². The van der Waals surface area contributed by atoms with Gasteiger partial charge in [-0.2, -0.15) is 0 Å². The first-order chi connectivity index (χ1) is 8.58. The van der Waals surface area contributed by atoms with Crippen molar-refractivity contribution < 1.29 is 9.90 Å². The molecule has 0 amide bonds. The Morgan fingerprint density at radius 1 is 1.61 bits per heavy atom. The lowest BCUT2D eigenvalue weighted by atomic mass is 10.1. The first kappa shape index (κ1) is 13.1. The van der Waals surface area contributed by atoms with Gasteiger partial charge in [-0.25, -0.2) is 4.98 Å². The number of thiazole rings is 1. The Morgan fingerprint density at radius 2 is 2.39 bits per heavy atom. The number of carboxylic acids is 1. The van der Waals surface area contributed by atoms with Crippen molar-refractivity contribution in [1.82, 2.24) is 4.98 Å². The zero-order chi connectivity index (χ0) is 13.1. The molecule has 2 aromatic rings. The van der Waals surface area contributed by atoms with Crippen LogP contribution in [0.4, 0.5) is 5.69 Å². The van der Waals surface area contributed by atoms with E-state index in [1.54, 1.807) is 16.8 Å². The number of carbonyl (C=O) groups is 1. The van der Waals surface area contributed by atoms with Gasteiger partial charge in [0.15, 0.2) is 0 Å². The molecule has 0 fully saturated rings. The predicted molar refractivity (Wildman–Crippen MR) is 74.6 cm³/mol. The summed E-state index contributed by atoms with van der Waals surface area (Å²) in [6.45, 7) is 1.93. The number of aliphatic carboxylic acids is 1. The van der Waals surface area contributed by atoms with Crippen molar-refractivity contribution in [2.24, 2.45) is 0 Å². The van der Waals surface area contributed by atoms with Crippen LogP contribution in [-0.2, 0) is 4.79 Å². The van der Waals surface area contributed by atoms with Gasteiger partial charge in [0.05, 0.1) is 20.9 Å². The molecule has 0 saturated carbocycles. The number of benzene rings is 1. The van der Waals surface area contributed by atoms with Crippen LogP contribution < -0.4 is 5.32 Å². The number of rotatable bonds is 5. The van der Waals surface area contributed by atoms with E-state index in [9.17, 15) is 4.79 Å². The third-order valence-electron chi connectivity index (χ3n) is 2.63. The van der Waals surface area contributed by atoms with Crippen molar-refractivity contribution in [3.63, 3.8) is 0 Å². The molecule has 96 valence electrons. The fourth-order valence-corrected chi connectivity index (χ4v) is 2.59. The van der Waals surface area contributed by atoms with Crippen LogP contribution in [0.2, 0.25) is 5.02 Å². The van der Waals surface area contributed by atoms with E-state index in [1.165, 1.54) is 0 Å². The lowest BCUT2D eigenvalue weighted by Gasteiger charge is -2.15. The van der Waals surface area contributed by atoms with Crippen LogP contribution in [0.1, 0.15) is 19.8 Å². The minimum Gasteiger partial charge on any atom is -0.481 e. The Kier molecular flexibility index (Phi) is 4.04. The molecule has 6 heteroatoms. The summed E-state index contributed by atoms with van der Waals surface area (Å²) in [6.07, 6.45) is 0.686. The van der Waals surface area contributed by atoms with Crippen molar-refractivity contribution in [2.75, 3.05) is 5.32 Å². The molecule has 18 heavy (non-hydrogen) atoms. The van der Waals surface area contributed by atoms with E-state index in [-0.39, 0.29) is 12.5 Å². The van der Waals surface area contributed by atoms with Gasteiger partial charge in [-0.15, -0.1) is 11.3 Å². The quantitative estimate of drug-likeness (QED) is 0.880. The van der Waals surface area contributed by atoms with Gasteiger partial charge in [0.2, 0.25) is 0 Å². The Hall–Kier alpha value is -1.33. The van der Waals surface area contributed by atoms with Gasteiger partial charge >= 0.3 is 5.97 Å². The van der Waals surface area contributed by atoms with Crippen LogP contribution in [-0.4, -0.2) is 22.1 Å². The molecule has 1 aromatic heterocycles. The highest BCUT2D eigenvalue weighted by Crippen LogP contribution is 2.32. The summed E-state index contributed by atoms with van der Waals surface area (Å²) in [4.78, 5) is 14.8. The van der Waals surface area contributed by atoms with Gasteiger partial charge in [0, 0.05) is 12.5 Å². The number of nitrogens with one attached hydrogen (secondary N) is 1. The summed E-state index contributed by atoms with van der Waals surface area (Å²) < 4.78 is 1.06. The summed E-state index contributed by atoms with van der Waals surface area (Å²) in [5.74, 6) is -0.790. The van der Waals surface area contributed by atoms with E-state index in [1.807, 2.05) is 19.1 Å². The maximum Gasteiger partial charge on any atom is 0.303 e. The van der Waals surface area contributed by atoms with Crippen LogP contribution in [0.25, 0.3) is 10.2 Å². The Labute approximate surface area is 114 Å². The lowest BCUT2D eigenvalue weighted by Crippen LogP contribution is -2.17. The molecule has 0 spiro atoms. The van der Waals surface area contributed by atoms with Crippen molar-refractivity contribution in [2.45, 2.75) is 25.8 Å². The Morgan fingerprint density at radius 3 is 3.11 bits per heavy atom. The maximum atomic E-state index is 10.5. The van der Waals surface area contributed by atoms with E-state index in [0.29, 0.717) is 11.4 Å². The van der Waals surface area contributed by atoms with Gasteiger partial charge in [0.1, 0.15) is 5.52 Å². The van der Waals surface area contributed by atoms with Crippen molar-refractivity contribution in [3.8, 4) is 0 Å². The minimum absolute atomic E-state index is 0.0332. The topological polar surface area (TPSA) is 62.2 Å². The molecule has 0 bridgehead atoms. The van der Waals surface area contributed by atoms with Gasteiger partial charge in [-0.3, -0.25) is 4.79 Å². The summed E-state index contributed by atoms with van der Waals surface area (Å²) in [6, 6.07) is 3.79. The summed E-state index contributed by atoms with van der Waals surface area (Å²) in [7, 11) is 0. The number of carboxylic acid groups (broad SMARTS) is 1. The van der Waals surface area contributed by atoms with Crippen LogP contribution in [0.5, 0.6) is 0 Å². The van der Waals surface area contributed by atoms with E-state index < -0.39 is 5.97 Å². The monoisotopic (exact) mass is 284 g/mol. The summed E-state index contributed by atoms with van der Waals surface area (Å²) in [5, 5.41) is 12.5. The third kappa shape index (κ3) is 2.91. The van der Waals surface area contributed by atoms with Gasteiger partial charge < -0.3 is 10.4 Å². The first-order valence-electron chi connectivity index (χ1n) is 5.58. The van der Waals surface area contributed by atoms with Gasteiger partial charge in [0.25, 0.3) is 0 Å². The van der Waals surface area contributed by atoms with E-state index in [2.05, 4.69) is 10.3 Å². The molecule has 1 atom stereocenters. The largest absolute Gasteiger partial charge is 0.481 e. The maximum absolute atomic E-state index is 10.5. The molecule has 2 N–H and O–H groups in total. The molecule has 0 aliphatic heterocycles. The third-order valence-corrected chi connectivity index (χ3v) is 3.74. The molecule has 0 saturated heterocycles. The smallest absolute Gasteiger partial charge is 0.303 e. The normalized spacial score (nSPS) is 12.6. The number of anilines is 1. The zero-order valence-corrected chi connectivity index (χ0v) is 11.4. The fourth-order valence-electron chi connectivity index (χ4n) is 1.70. The molecular weight excluding hydrogens is 272 g/mol. The fraction of sp³-hybridized carbons (Fsp3) is 0.333. The van der Waals surface area contributed by atoms with E-state index >= 15 is 0 Å². The van der Waals surface area contributed by atoms with Gasteiger partial charge in [-0.05, 0) is 25.5 Å². The number of fused-ring (bicyclic) bond motifs is 1. The van der Waals surface area contributed by atoms with Crippen molar-refractivity contribution in [1.29, 1.82) is 0 Å². The lowest BCUT2D eigenvalue weighted by molar-refractivity contribution is -0.137. The number of hydrogen-bond donors (Lipinski definition) is 2. The van der Waals surface area contributed by atoms with Crippen LogP contribution in [0.15, 0.2) is 17.6 Å². The second-order valence-electron chi connectivity index (χ2n) is 4.10. The SMILES string of the molecule is CC(CCC(=O)O)Nc1c(Cl)ccc2scnc12. The predicted octanol–water partition coefficient (Wildman–Crippen LogP) is 3.61. The number of halogens is 1. The second-order valence-corrected chi connectivity index (χ2v) is 5.39. The Balaban J connectivity index is 2.17.